The number of fused-ring (bicyclic) bond motifs is 1. The SMILES string of the molecule is Cc1ccc(Cl)c2c(C)c(CNC(C)(C)C)oc12. The molecular weight excluding hydrogens is 246 g/mol. The summed E-state index contributed by atoms with van der Waals surface area (Å²) in [5.41, 5.74) is 3.24. The summed E-state index contributed by atoms with van der Waals surface area (Å²) in [5.74, 6) is 0.969. The molecule has 0 aliphatic carbocycles. The topological polar surface area (TPSA) is 25.2 Å². The normalized spacial score (nSPS) is 12.3. The highest BCUT2D eigenvalue weighted by atomic mass is 35.5. The monoisotopic (exact) mass is 265 g/mol. The molecule has 2 nitrogen and oxygen atoms in total. The van der Waals surface area contributed by atoms with E-state index in [2.05, 4.69) is 33.0 Å². The fraction of sp³-hybridized carbons (Fsp3) is 0.467. The molecule has 1 heterocycles. The van der Waals surface area contributed by atoms with Crippen molar-refractivity contribution in [3.05, 3.63) is 34.0 Å². The third-order valence-corrected chi connectivity index (χ3v) is 3.42. The van der Waals surface area contributed by atoms with E-state index in [9.17, 15) is 0 Å². The van der Waals surface area contributed by atoms with Crippen LogP contribution in [0.1, 0.15) is 37.7 Å². The van der Waals surface area contributed by atoms with Gasteiger partial charge in [-0.2, -0.15) is 0 Å². The summed E-state index contributed by atoms with van der Waals surface area (Å²) in [6.07, 6.45) is 0. The zero-order valence-corrected chi connectivity index (χ0v) is 12.4. The maximum absolute atomic E-state index is 6.26. The molecule has 0 aliphatic rings. The Morgan fingerprint density at radius 1 is 1.22 bits per heavy atom. The third kappa shape index (κ3) is 2.55. The first kappa shape index (κ1) is 13.4. The van der Waals surface area contributed by atoms with Gasteiger partial charge in [-0.25, -0.2) is 0 Å². The van der Waals surface area contributed by atoms with Crippen LogP contribution in [0, 0.1) is 13.8 Å². The van der Waals surface area contributed by atoms with Gasteiger partial charge in [-0.15, -0.1) is 0 Å². The molecule has 0 saturated heterocycles. The third-order valence-electron chi connectivity index (χ3n) is 3.10. The Morgan fingerprint density at radius 3 is 2.44 bits per heavy atom. The maximum atomic E-state index is 6.26. The van der Waals surface area contributed by atoms with E-state index < -0.39 is 0 Å². The Labute approximate surface area is 113 Å². The van der Waals surface area contributed by atoms with Gasteiger partial charge in [0.05, 0.1) is 11.6 Å². The van der Waals surface area contributed by atoms with Crippen LogP contribution in [0.4, 0.5) is 0 Å². The first-order valence-corrected chi connectivity index (χ1v) is 6.59. The molecule has 0 radical (unpaired) electrons. The van der Waals surface area contributed by atoms with Crippen molar-refractivity contribution < 1.29 is 4.42 Å². The maximum Gasteiger partial charge on any atom is 0.139 e. The summed E-state index contributed by atoms with van der Waals surface area (Å²) in [7, 11) is 0. The van der Waals surface area contributed by atoms with E-state index in [-0.39, 0.29) is 5.54 Å². The van der Waals surface area contributed by atoms with Crippen LogP contribution in [-0.4, -0.2) is 5.54 Å². The average Bonchev–Trinajstić information content (AvgIpc) is 2.59. The van der Waals surface area contributed by atoms with Gasteiger partial charge in [0.1, 0.15) is 11.3 Å². The first-order valence-electron chi connectivity index (χ1n) is 6.22. The molecule has 0 saturated carbocycles. The number of halogens is 1. The Morgan fingerprint density at radius 2 is 1.89 bits per heavy atom. The lowest BCUT2D eigenvalue weighted by atomic mass is 10.1. The van der Waals surface area contributed by atoms with Crippen LogP contribution in [0.2, 0.25) is 5.02 Å². The minimum Gasteiger partial charge on any atom is -0.459 e. The second kappa shape index (κ2) is 4.60. The molecule has 0 amide bonds. The lowest BCUT2D eigenvalue weighted by Gasteiger charge is -2.19. The highest BCUT2D eigenvalue weighted by Gasteiger charge is 2.17. The number of rotatable bonds is 2. The molecule has 0 aliphatic heterocycles. The van der Waals surface area contributed by atoms with Crippen LogP contribution in [-0.2, 0) is 6.54 Å². The molecule has 3 heteroatoms. The minimum absolute atomic E-state index is 0.0737. The van der Waals surface area contributed by atoms with Crippen LogP contribution < -0.4 is 5.32 Å². The largest absolute Gasteiger partial charge is 0.459 e. The lowest BCUT2D eigenvalue weighted by Crippen LogP contribution is -2.35. The summed E-state index contributed by atoms with van der Waals surface area (Å²) in [4.78, 5) is 0. The predicted molar refractivity (Wildman–Crippen MR) is 77.3 cm³/mol. The molecule has 1 aromatic carbocycles. The molecule has 0 unspecified atom stereocenters. The van der Waals surface area contributed by atoms with E-state index in [4.69, 9.17) is 16.0 Å². The van der Waals surface area contributed by atoms with Crippen LogP contribution in [0.25, 0.3) is 11.0 Å². The van der Waals surface area contributed by atoms with Crippen molar-refractivity contribution >= 4 is 22.6 Å². The van der Waals surface area contributed by atoms with Crippen molar-refractivity contribution in [2.45, 2.75) is 46.7 Å². The number of aryl methyl sites for hydroxylation is 2. The zero-order chi connectivity index (χ0) is 13.5. The van der Waals surface area contributed by atoms with Crippen LogP contribution in [0.15, 0.2) is 16.5 Å². The summed E-state index contributed by atoms with van der Waals surface area (Å²) < 4.78 is 5.96. The Hall–Kier alpha value is -0.990. The van der Waals surface area contributed by atoms with Gasteiger partial charge in [0, 0.05) is 16.5 Å². The van der Waals surface area contributed by atoms with E-state index in [1.54, 1.807) is 0 Å². The lowest BCUT2D eigenvalue weighted by molar-refractivity contribution is 0.394. The van der Waals surface area contributed by atoms with Crippen molar-refractivity contribution in [2.75, 3.05) is 0 Å². The zero-order valence-electron chi connectivity index (χ0n) is 11.6. The molecular formula is C15H20ClNO. The van der Waals surface area contributed by atoms with Crippen molar-refractivity contribution in [3.63, 3.8) is 0 Å². The molecule has 0 fully saturated rings. The van der Waals surface area contributed by atoms with Gasteiger partial charge in [-0.3, -0.25) is 0 Å². The number of benzene rings is 1. The molecule has 1 aromatic heterocycles. The van der Waals surface area contributed by atoms with Crippen molar-refractivity contribution in [2.24, 2.45) is 0 Å². The second-order valence-corrected chi connectivity index (χ2v) is 6.23. The molecule has 2 rings (SSSR count). The van der Waals surface area contributed by atoms with Crippen LogP contribution in [0.3, 0.4) is 0 Å². The molecule has 2 aromatic rings. The number of nitrogens with one attached hydrogen (secondary N) is 1. The van der Waals surface area contributed by atoms with Gasteiger partial charge >= 0.3 is 0 Å². The smallest absolute Gasteiger partial charge is 0.139 e. The highest BCUT2D eigenvalue weighted by molar-refractivity contribution is 6.35. The highest BCUT2D eigenvalue weighted by Crippen LogP contribution is 2.33. The summed E-state index contributed by atoms with van der Waals surface area (Å²) >= 11 is 6.26. The Kier molecular flexibility index (Phi) is 3.43. The van der Waals surface area contributed by atoms with Gasteiger partial charge in [0.2, 0.25) is 0 Å². The standard InChI is InChI=1S/C15H20ClNO/c1-9-6-7-11(16)13-10(2)12(18-14(9)13)8-17-15(3,4)5/h6-7,17H,8H2,1-5H3. The molecule has 98 valence electrons. The van der Waals surface area contributed by atoms with Crippen LogP contribution >= 0.6 is 11.6 Å². The predicted octanol–water partition coefficient (Wildman–Crippen LogP) is 4.59. The van der Waals surface area contributed by atoms with E-state index in [1.165, 1.54) is 0 Å². The minimum atomic E-state index is 0.0737. The molecule has 1 N–H and O–H groups in total. The molecule has 0 atom stereocenters. The average molecular weight is 266 g/mol. The van der Waals surface area contributed by atoms with Gasteiger partial charge < -0.3 is 9.73 Å². The Balaban J connectivity index is 2.45. The molecule has 18 heavy (non-hydrogen) atoms. The van der Waals surface area contributed by atoms with Crippen LogP contribution in [0.5, 0.6) is 0 Å². The fourth-order valence-electron chi connectivity index (χ4n) is 2.00. The number of hydrogen-bond acceptors (Lipinski definition) is 2. The van der Waals surface area contributed by atoms with E-state index in [0.717, 1.165) is 39.4 Å². The van der Waals surface area contributed by atoms with E-state index in [0.29, 0.717) is 0 Å². The number of hydrogen-bond donors (Lipinski definition) is 1. The van der Waals surface area contributed by atoms with E-state index in [1.807, 2.05) is 19.1 Å². The molecule has 0 bridgehead atoms. The van der Waals surface area contributed by atoms with Crippen molar-refractivity contribution in [3.8, 4) is 0 Å². The fourth-order valence-corrected chi connectivity index (χ4v) is 2.29. The van der Waals surface area contributed by atoms with Gasteiger partial charge in [-0.1, -0.05) is 17.7 Å². The van der Waals surface area contributed by atoms with Gasteiger partial charge in [0.15, 0.2) is 0 Å². The van der Waals surface area contributed by atoms with Gasteiger partial charge in [-0.05, 0) is 46.2 Å². The summed E-state index contributed by atoms with van der Waals surface area (Å²) in [6.45, 7) is 11.3. The summed E-state index contributed by atoms with van der Waals surface area (Å²) in [6, 6.07) is 3.93. The van der Waals surface area contributed by atoms with E-state index >= 15 is 0 Å². The quantitative estimate of drug-likeness (QED) is 0.859. The second-order valence-electron chi connectivity index (χ2n) is 5.82. The van der Waals surface area contributed by atoms with Crippen molar-refractivity contribution in [1.82, 2.24) is 5.32 Å². The first-order chi connectivity index (χ1) is 8.29. The number of furan rings is 1. The van der Waals surface area contributed by atoms with Gasteiger partial charge in [0.25, 0.3) is 0 Å². The van der Waals surface area contributed by atoms with Crippen molar-refractivity contribution in [1.29, 1.82) is 0 Å². The molecule has 0 spiro atoms. The summed E-state index contributed by atoms with van der Waals surface area (Å²) in [5, 5.41) is 5.25. The Bertz CT molecular complexity index is 578.